The molecule has 0 unspecified atom stereocenters. The van der Waals surface area contributed by atoms with Gasteiger partial charge in [0.1, 0.15) is 10.8 Å². The van der Waals surface area contributed by atoms with Crippen LogP contribution in [0.15, 0.2) is 58.5 Å². The van der Waals surface area contributed by atoms with Gasteiger partial charge in [-0.15, -0.1) is 11.3 Å². The van der Waals surface area contributed by atoms with Crippen molar-refractivity contribution in [3.05, 3.63) is 70.5 Å². The van der Waals surface area contributed by atoms with E-state index in [0.29, 0.717) is 5.89 Å². The fourth-order valence-electron chi connectivity index (χ4n) is 2.89. The standard InChI is InChI=1S/C20H19N3OS/c1-14-18(12-23(2)13-19-21-9-10-25-19)22-20(24-14)17-8-7-15-5-3-4-6-16(15)11-17/h3-11H,12-13H2,1-2H3. The normalized spacial score (nSPS) is 11.5. The lowest BCUT2D eigenvalue weighted by Gasteiger charge is -2.13. The summed E-state index contributed by atoms with van der Waals surface area (Å²) in [6, 6.07) is 14.6. The van der Waals surface area contributed by atoms with Gasteiger partial charge < -0.3 is 4.42 Å². The van der Waals surface area contributed by atoms with Crippen LogP contribution < -0.4 is 0 Å². The van der Waals surface area contributed by atoms with Crippen molar-refractivity contribution < 1.29 is 4.42 Å². The number of hydrogen-bond acceptors (Lipinski definition) is 5. The maximum Gasteiger partial charge on any atom is 0.226 e. The summed E-state index contributed by atoms with van der Waals surface area (Å²) in [4.78, 5) is 11.3. The Bertz CT molecular complexity index is 991. The molecule has 0 radical (unpaired) electrons. The first-order valence-corrected chi connectivity index (χ1v) is 9.09. The number of aromatic nitrogens is 2. The molecule has 0 fully saturated rings. The van der Waals surface area contributed by atoms with Gasteiger partial charge in [0, 0.05) is 23.7 Å². The molecular formula is C20H19N3OS. The Balaban J connectivity index is 1.56. The molecule has 0 amide bonds. The minimum absolute atomic E-state index is 0.681. The van der Waals surface area contributed by atoms with Crippen molar-refractivity contribution in [2.24, 2.45) is 0 Å². The van der Waals surface area contributed by atoms with Crippen LogP contribution in [0.2, 0.25) is 0 Å². The molecule has 2 heterocycles. The quantitative estimate of drug-likeness (QED) is 0.514. The van der Waals surface area contributed by atoms with Crippen molar-refractivity contribution in [2.75, 3.05) is 7.05 Å². The smallest absolute Gasteiger partial charge is 0.226 e. The second-order valence-electron chi connectivity index (χ2n) is 6.18. The van der Waals surface area contributed by atoms with Crippen LogP contribution in [-0.4, -0.2) is 21.9 Å². The molecule has 0 bridgehead atoms. The topological polar surface area (TPSA) is 42.2 Å². The van der Waals surface area contributed by atoms with Gasteiger partial charge in [0.15, 0.2) is 0 Å². The molecule has 0 saturated heterocycles. The fraction of sp³-hybridized carbons (Fsp3) is 0.200. The first-order valence-electron chi connectivity index (χ1n) is 8.21. The molecule has 4 rings (SSSR count). The average molecular weight is 349 g/mol. The monoisotopic (exact) mass is 349 g/mol. The number of fused-ring (bicyclic) bond motifs is 1. The van der Waals surface area contributed by atoms with E-state index in [0.717, 1.165) is 35.1 Å². The Hall–Kier alpha value is -2.50. The number of benzene rings is 2. The van der Waals surface area contributed by atoms with Crippen LogP contribution in [0.5, 0.6) is 0 Å². The second-order valence-corrected chi connectivity index (χ2v) is 7.16. The maximum absolute atomic E-state index is 5.93. The minimum atomic E-state index is 0.681. The van der Waals surface area contributed by atoms with E-state index in [9.17, 15) is 0 Å². The van der Waals surface area contributed by atoms with Crippen molar-refractivity contribution >= 4 is 22.1 Å². The van der Waals surface area contributed by atoms with Gasteiger partial charge in [-0.1, -0.05) is 30.3 Å². The first kappa shape index (κ1) is 16.0. The molecule has 126 valence electrons. The molecule has 2 aromatic heterocycles. The van der Waals surface area contributed by atoms with Gasteiger partial charge in [-0.2, -0.15) is 0 Å². The summed E-state index contributed by atoms with van der Waals surface area (Å²) in [5.74, 6) is 1.55. The summed E-state index contributed by atoms with van der Waals surface area (Å²) < 4.78 is 5.93. The summed E-state index contributed by atoms with van der Waals surface area (Å²) in [6.45, 7) is 3.53. The lowest BCUT2D eigenvalue weighted by molar-refractivity contribution is 0.313. The number of thiazole rings is 1. The maximum atomic E-state index is 5.93. The molecule has 0 saturated carbocycles. The highest BCUT2D eigenvalue weighted by Gasteiger charge is 2.14. The summed E-state index contributed by atoms with van der Waals surface area (Å²) in [6.07, 6.45) is 1.84. The Morgan fingerprint density at radius 1 is 1.08 bits per heavy atom. The predicted molar refractivity (Wildman–Crippen MR) is 101 cm³/mol. The Morgan fingerprint density at radius 3 is 2.72 bits per heavy atom. The highest BCUT2D eigenvalue weighted by Crippen LogP contribution is 2.26. The fourth-order valence-corrected chi connectivity index (χ4v) is 3.59. The third-order valence-electron chi connectivity index (χ3n) is 4.20. The van der Waals surface area contributed by atoms with Crippen molar-refractivity contribution in [1.29, 1.82) is 0 Å². The van der Waals surface area contributed by atoms with Gasteiger partial charge in [-0.05, 0) is 36.9 Å². The predicted octanol–water partition coefficient (Wildman–Crippen LogP) is 4.89. The summed E-state index contributed by atoms with van der Waals surface area (Å²) in [5.41, 5.74) is 1.98. The highest BCUT2D eigenvalue weighted by atomic mass is 32.1. The zero-order valence-electron chi connectivity index (χ0n) is 14.3. The molecule has 2 aromatic carbocycles. The molecule has 5 heteroatoms. The number of aryl methyl sites for hydroxylation is 1. The molecule has 0 aliphatic heterocycles. The van der Waals surface area contributed by atoms with Gasteiger partial charge >= 0.3 is 0 Å². The molecule has 4 nitrogen and oxygen atoms in total. The zero-order valence-corrected chi connectivity index (χ0v) is 15.1. The summed E-state index contributed by atoms with van der Waals surface area (Å²) >= 11 is 1.67. The molecular weight excluding hydrogens is 330 g/mol. The van der Waals surface area contributed by atoms with Crippen LogP contribution in [0.3, 0.4) is 0 Å². The van der Waals surface area contributed by atoms with E-state index in [2.05, 4.69) is 47.3 Å². The van der Waals surface area contributed by atoms with Crippen LogP contribution in [0.4, 0.5) is 0 Å². The minimum Gasteiger partial charge on any atom is -0.441 e. The van der Waals surface area contributed by atoms with E-state index in [1.807, 2.05) is 30.6 Å². The van der Waals surface area contributed by atoms with E-state index >= 15 is 0 Å². The molecule has 0 spiro atoms. The van der Waals surface area contributed by atoms with Crippen molar-refractivity contribution in [3.63, 3.8) is 0 Å². The Morgan fingerprint density at radius 2 is 1.92 bits per heavy atom. The zero-order chi connectivity index (χ0) is 17.2. The SMILES string of the molecule is Cc1oc(-c2ccc3ccccc3c2)nc1CN(C)Cc1nccs1. The largest absolute Gasteiger partial charge is 0.441 e. The highest BCUT2D eigenvalue weighted by molar-refractivity contribution is 7.09. The van der Waals surface area contributed by atoms with Gasteiger partial charge in [-0.25, -0.2) is 9.97 Å². The number of nitrogens with zero attached hydrogens (tertiary/aromatic N) is 3. The van der Waals surface area contributed by atoms with Gasteiger partial charge in [-0.3, -0.25) is 4.90 Å². The summed E-state index contributed by atoms with van der Waals surface area (Å²) in [7, 11) is 2.07. The number of oxazole rings is 1. The Kier molecular flexibility index (Phi) is 4.34. The van der Waals surface area contributed by atoms with E-state index in [-0.39, 0.29) is 0 Å². The number of hydrogen-bond donors (Lipinski definition) is 0. The van der Waals surface area contributed by atoms with Gasteiger partial charge in [0.25, 0.3) is 0 Å². The van der Waals surface area contributed by atoms with E-state index in [4.69, 9.17) is 9.40 Å². The lowest BCUT2D eigenvalue weighted by atomic mass is 10.1. The van der Waals surface area contributed by atoms with Crippen LogP contribution in [0.25, 0.3) is 22.2 Å². The molecule has 0 N–H and O–H groups in total. The van der Waals surface area contributed by atoms with Crippen LogP contribution >= 0.6 is 11.3 Å². The molecule has 0 aliphatic carbocycles. The third-order valence-corrected chi connectivity index (χ3v) is 4.96. The van der Waals surface area contributed by atoms with Gasteiger partial charge in [0.05, 0.1) is 12.2 Å². The molecule has 25 heavy (non-hydrogen) atoms. The van der Waals surface area contributed by atoms with Crippen molar-refractivity contribution in [3.8, 4) is 11.5 Å². The van der Waals surface area contributed by atoms with E-state index in [1.54, 1.807) is 11.3 Å². The molecule has 0 atom stereocenters. The lowest BCUT2D eigenvalue weighted by Crippen LogP contribution is -2.17. The van der Waals surface area contributed by atoms with Crippen molar-refractivity contribution in [2.45, 2.75) is 20.0 Å². The van der Waals surface area contributed by atoms with Crippen LogP contribution in [0, 0.1) is 6.92 Å². The van der Waals surface area contributed by atoms with Gasteiger partial charge in [0.2, 0.25) is 5.89 Å². The molecule has 4 aromatic rings. The second kappa shape index (κ2) is 6.78. The van der Waals surface area contributed by atoms with Crippen LogP contribution in [-0.2, 0) is 13.1 Å². The average Bonchev–Trinajstić information content (AvgIpc) is 3.25. The van der Waals surface area contributed by atoms with Crippen molar-refractivity contribution in [1.82, 2.24) is 14.9 Å². The summed E-state index contributed by atoms with van der Waals surface area (Å²) in [5, 5.41) is 5.53. The number of rotatable bonds is 5. The third kappa shape index (κ3) is 3.48. The first-order chi connectivity index (χ1) is 12.2. The van der Waals surface area contributed by atoms with E-state index in [1.165, 1.54) is 10.8 Å². The molecule has 0 aliphatic rings. The Labute approximate surface area is 150 Å². The van der Waals surface area contributed by atoms with E-state index < -0.39 is 0 Å². The van der Waals surface area contributed by atoms with Crippen LogP contribution in [0.1, 0.15) is 16.5 Å².